The number of carboxylic acids is 2. The van der Waals surface area contributed by atoms with Gasteiger partial charge in [0.2, 0.25) is 5.78 Å². The number of ketones is 1. The van der Waals surface area contributed by atoms with Crippen LogP contribution in [0.2, 0.25) is 0 Å². The van der Waals surface area contributed by atoms with Gasteiger partial charge >= 0.3 is 5.97 Å². The Morgan fingerprint density at radius 2 is 1.41 bits per heavy atom. The number of thiophene rings is 2. The Morgan fingerprint density at radius 1 is 0.875 bits per heavy atom. The highest BCUT2D eigenvalue weighted by atomic mass is 32.1. The first-order valence-corrected chi connectivity index (χ1v) is 12.0. The average Bonchev–Trinajstić information content (AvgIpc) is 3.51. The highest BCUT2D eigenvalue weighted by Gasteiger charge is 2.24. The first-order chi connectivity index (χ1) is 15.5. The van der Waals surface area contributed by atoms with E-state index in [1.54, 1.807) is 22.7 Å². The summed E-state index contributed by atoms with van der Waals surface area (Å²) in [6, 6.07) is 14.1. The first kappa shape index (κ1) is 23.6. The summed E-state index contributed by atoms with van der Waals surface area (Å²) in [4.78, 5) is 31.9. The number of hydrogen-bond acceptors (Lipinski definition) is 6. The smallest absolute Gasteiger partial charge is 0.351 e. The number of nitrogens with one attached hydrogen (secondary N) is 1. The van der Waals surface area contributed by atoms with Crippen molar-refractivity contribution in [3.05, 3.63) is 86.2 Å². The van der Waals surface area contributed by atoms with E-state index >= 15 is 0 Å². The van der Waals surface area contributed by atoms with Gasteiger partial charge < -0.3 is 19.9 Å². The molecular formula is C24H23NO5S2. The van der Waals surface area contributed by atoms with Gasteiger partial charge in [-0.15, -0.1) is 0 Å². The number of aliphatic carboxylic acids is 2. The van der Waals surface area contributed by atoms with E-state index in [1.807, 2.05) is 30.3 Å². The average molecular weight is 470 g/mol. The number of Topliss-reactive ketones (excluding diaryl/α,β-unsaturated/α-hetero) is 1. The van der Waals surface area contributed by atoms with Crippen LogP contribution in [0.15, 0.2) is 69.6 Å². The third-order valence-corrected chi connectivity index (χ3v) is 6.58. The Balaban J connectivity index is 0.000000427. The first-order valence-electron chi connectivity index (χ1n) is 10.1. The van der Waals surface area contributed by atoms with Crippen LogP contribution < -0.4 is 10.0 Å². The normalized spacial score (nSPS) is 15.4. The molecule has 0 bridgehead atoms. The minimum absolute atomic E-state index is 0.254. The summed E-state index contributed by atoms with van der Waals surface area (Å²) in [5.41, 5.74) is 6.47. The Hall–Kier alpha value is -3.07. The second-order valence-corrected chi connectivity index (χ2v) is 8.87. The van der Waals surface area contributed by atoms with Crippen molar-refractivity contribution in [2.45, 2.75) is 12.8 Å². The molecule has 3 aromatic rings. The summed E-state index contributed by atoms with van der Waals surface area (Å²) in [6.07, 6.45) is 2.14. The monoisotopic (exact) mass is 469 g/mol. The summed E-state index contributed by atoms with van der Waals surface area (Å²) in [5.74, 6) is -3.76. The van der Waals surface area contributed by atoms with E-state index in [4.69, 9.17) is 19.8 Å². The van der Waals surface area contributed by atoms with E-state index in [0.717, 1.165) is 31.5 Å². The lowest BCUT2D eigenvalue weighted by Crippen LogP contribution is -3.13. The summed E-state index contributed by atoms with van der Waals surface area (Å²) >= 11 is 3.51. The number of rotatable bonds is 5. The Labute approximate surface area is 194 Å². The largest absolute Gasteiger partial charge is 0.539 e. The maximum atomic E-state index is 12.5. The molecular weight excluding hydrogens is 446 g/mol. The van der Waals surface area contributed by atoms with Crippen LogP contribution in [-0.4, -0.2) is 42.5 Å². The van der Waals surface area contributed by atoms with Crippen LogP contribution >= 0.6 is 22.7 Å². The number of carbonyl (C=O) groups excluding carboxylic acids is 2. The molecule has 2 aromatic heterocycles. The van der Waals surface area contributed by atoms with E-state index in [2.05, 4.69) is 33.7 Å². The van der Waals surface area contributed by atoms with E-state index in [9.17, 15) is 4.79 Å². The maximum absolute atomic E-state index is 12.5. The molecule has 0 atom stereocenters. The number of carbonyl (C=O) groups is 3. The molecule has 32 heavy (non-hydrogen) atoms. The SMILES string of the molecule is O=C(C[NH+]1CCC(=C(c2ccsc2)c2ccsc2)CC1)c1ccccc1.O=C([O-])C(=O)O. The Kier molecular flexibility index (Phi) is 8.49. The number of likely N-dealkylation sites (tertiary alicyclic amines) is 1. The number of piperidine rings is 1. The second-order valence-electron chi connectivity index (χ2n) is 7.31. The summed E-state index contributed by atoms with van der Waals surface area (Å²) < 4.78 is 0. The van der Waals surface area contributed by atoms with Gasteiger partial charge in [-0.2, -0.15) is 22.7 Å². The molecule has 0 spiro atoms. The molecule has 1 aromatic carbocycles. The topological polar surface area (TPSA) is 98.9 Å². The lowest BCUT2D eigenvalue weighted by atomic mass is 9.91. The molecule has 0 saturated carbocycles. The van der Waals surface area contributed by atoms with Gasteiger partial charge in [-0.25, -0.2) is 4.79 Å². The van der Waals surface area contributed by atoms with Gasteiger partial charge in [0, 0.05) is 18.4 Å². The molecule has 0 aliphatic carbocycles. The van der Waals surface area contributed by atoms with Crippen molar-refractivity contribution in [2.75, 3.05) is 19.6 Å². The van der Waals surface area contributed by atoms with Crippen LogP contribution in [0.5, 0.6) is 0 Å². The minimum Gasteiger partial charge on any atom is -0.539 e. The molecule has 1 aliphatic rings. The minimum atomic E-state index is -2.07. The van der Waals surface area contributed by atoms with Gasteiger partial charge in [0.25, 0.3) is 0 Å². The van der Waals surface area contributed by atoms with E-state index in [-0.39, 0.29) is 5.78 Å². The fourth-order valence-corrected chi connectivity index (χ4v) is 4.97. The van der Waals surface area contributed by atoms with Crippen molar-refractivity contribution >= 4 is 46.0 Å². The van der Waals surface area contributed by atoms with Crippen molar-refractivity contribution in [3.8, 4) is 0 Å². The second kappa shape index (κ2) is 11.5. The van der Waals surface area contributed by atoms with Crippen molar-refractivity contribution < 1.29 is 29.5 Å². The summed E-state index contributed by atoms with van der Waals surface area (Å²) in [5, 5.41) is 25.1. The Bertz CT molecular complexity index is 1010. The van der Waals surface area contributed by atoms with Gasteiger partial charge in [0.15, 0.2) is 5.97 Å². The zero-order valence-electron chi connectivity index (χ0n) is 17.3. The van der Waals surface area contributed by atoms with Gasteiger partial charge in [0.1, 0.15) is 6.54 Å². The van der Waals surface area contributed by atoms with E-state index in [0.29, 0.717) is 6.54 Å². The van der Waals surface area contributed by atoms with Crippen LogP contribution in [-0.2, 0) is 9.59 Å². The number of benzene rings is 1. The van der Waals surface area contributed by atoms with Gasteiger partial charge in [-0.1, -0.05) is 35.9 Å². The molecule has 0 amide bonds. The predicted octanol–water partition coefficient (Wildman–Crippen LogP) is 1.99. The maximum Gasteiger partial charge on any atom is 0.351 e. The molecule has 2 N–H and O–H groups in total. The van der Waals surface area contributed by atoms with Crippen molar-refractivity contribution in [3.63, 3.8) is 0 Å². The quantitative estimate of drug-likeness (QED) is 0.440. The Morgan fingerprint density at radius 3 is 1.84 bits per heavy atom. The molecule has 1 fully saturated rings. The number of quaternary nitrogens is 1. The third-order valence-electron chi connectivity index (χ3n) is 5.21. The van der Waals surface area contributed by atoms with Crippen molar-refractivity contribution in [1.29, 1.82) is 0 Å². The van der Waals surface area contributed by atoms with Crippen LogP contribution in [0.3, 0.4) is 0 Å². The molecule has 0 radical (unpaired) electrons. The lowest BCUT2D eigenvalue weighted by Gasteiger charge is -2.26. The molecule has 1 aliphatic heterocycles. The lowest BCUT2D eigenvalue weighted by molar-refractivity contribution is -0.894. The van der Waals surface area contributed by atoms with Crippen LogP contribution in [0.4, 0.5) is 0 Å². The van der Waals surface area contributed by atoms with Gasteiger partial charge in [-0.05, 0) is 50.4 Å². The fraction of sp³-hybridized carbons (Fsp3) is 0.208. The zero-order chi connectivity index (χ0) is 22.9. The molecule has 1 saturated heterocycles. The van der Waals surface area contributed by atoms with Crippen molar-refractivity contribution in [1.82, 2.24) is 0 Å². The standard InChI is InChI=1S/C22H21NOS2.C2H2O4/c24-21(17-4-2-1-3-5-17)14-23-10-6-18(7-11-23)22(19-8-12-25-15-19)20-9-13-26-16-20;3-1(4)2(5)6/h1-5,8-9,12-13,15-16H,6-7,10-11,14H2;(H,3,4)(H,5,6). The number of hydrogen-bond donors (Lipinski definition) is 2. The van der Waals surface area contributed by atoms with Gasteiger partial charge in [0.05, 0.1) is 13.1 Å². The van der Waals surface area contributed by atoms with Crippen LogP contribution in [0.1, 0.15) is 34.3 Å². The molecule has 8 heteroatoms. The summed E-state index contributed by atoms with van der Waals surface area (Å²) in [7, 11) is 0. The van der Waals surface area contributed by atoms with Gasteiger partial charge in [-0.3, -0.25) is 4.79 Å². The zero-order valence-corrected chi connectivity index (χ0v) is 18.9. The van der Waals surface area contributed by atoms with Crippen molar-refractivity contribution in [2.24, 2.45) is 0 Å². The number of carboxylic acid groups (broad SMARTS) is 2. The third kappa shape index (κ3) is 6.46. The molecule has 0 unspecified atom stereocenters. The van der Waals surface area contributed by atoms with E-state index < -0.39 is 11.9 Å². The molecule has 166 valence electrons. The molecule has 3 heterocycles. The summed E-state index contributed by atoms with van der Waals surface area (Å²) in [6.45, 7) is 2.67. The van der Waals surface area contributed by atoms with E-state index in [1.165, 1.54) is 27.2 Å². The highest BCUT2D eigenvalue weighted by Crippen LogP contribution is 2.32. The fourth-order valence-electron chi connectivity index (χ4n) is 3.67. The molecule has 6 nitrogen and oxygen atoms in total. The van der Waals surface area contributed by atoms with Crippen LogP contribution in [0, 0.1) is 0 Å². The van der Waals surface area contributed by atoms with Crippen LogP contribution in [0.25, 0.3) is 5.57 Å². The predicted molar refractivity (Wildman–Crippen MR) is 123 cm³/mol. The highest BCUT2D eigenvalue weighted by molar-refractivity contribution is 7.08. The molecule has 4 rings (SSSR count).